The standard InChI is InChI=1S/C9H11Cl3N2O3/c1-3-6-5(2)7(17-14-6)13-8(15)16-4-9(10,11)12/h3-4H2,1-2H3,(H,13,15). The number of carbonyl (C=O) groups excluding carboxylic acids is 1. The van der Waals surface area contributed by atoms with Gasteiger partial charge < -0.3 is 9.26 Å². The molecular weight excluding hydrogens is 290 g/mol. The minimum absolute atomic E-state index is 0.233. The first-order chi connectivity index (χ1) is 7.83. The van der Waals surface area contributed by atoms with Crippen molar-refractivity contribution in [2.24, 2.45) is 0 Å². The van der Waals surface area contributed by atoms with Crippen LogP contribution in [0.4, 0.5) is 10.7 Å². The monoisotopic (exact) mass is 300 g/mol. The van der Waals surface area contributed by atoms with E-state index in [-0.39, 0.29) is 12.5 Å². The molecule has 1 aromatic heterocycles. The Labute approximate surface area is 113 Å². The van der Waals surface area contributed by atoms with Crippen LogP contribution < -0.4 is 5.32 Å². The van der Waals surface area contributed by atoms with Crippen LogP contribution in [0.5, 0.6) is 0 Å². The number of ether oxygens (including phenoxy) is 1. The molecule has 0 aliphatic carbocycles. The first kappa shape index (κ1) is 14.4. The third-order valence-corrected chi connectivity index (χ3v) is 2.27. The van der Waals surface area contributed by atoms with Crippen LogP contribution in [0.1, 0.15) is 18.2 Å². The number of halogens is 3. The number of anilines is 1. The fourth-order valence-corrected chi connectivity index (χ4v) is 1.25. The fourth-order valence-electron chi connectivity index (χ4n) is 1.09. The molecule has 0 saturated carbocycles. The summed E-state index contributed by atoms with van der Waals surface area (Å²) in [5.41, 5.74) is 1.51. The molecule has 0 aliphatic heterocycles. The van der Waals surface area contributed by atoms with Crippen LogP contribution in [0.2, 0.25) is 0 Å². The lowest BCUT2D eigenvalue weighted by Crippen LogP contribution is -2.21. The van der Waals surface area contributed by atoms with E-state index in [2.05, 4.69) is 15.2 Å². The second kappa shape index (κ2) is 5.80. The summed E-state index contributed by atoms with van der Waals surface area (Å²) in [6.45, 7) is 3.35. The van der Waals surface area contributed by atoms with Crippen molar-refractivity contribution in [2.75, 3.05) is 11.9 Å². The maximum atomic E-state index is 11.3. The lowest BCUT2D eigenvalue weighted by atomic mass is 10.2. The summed E-state index contributed by atoms with van der Waals surface area (Å²) in [5.74, 6) is 0.233. The predicted molar refractivity (Wildman–Crippen MR) is 65.9 cm³/mol. The number of alkyl halides is 3. The van der Waals surface area contributed by atoms with Crippen molar-refractivity contribution >= 4 is 46.8 Å². The second-order valence-corrected chi connectivity index (χ2v) is 5.77. The molecule has 0 aliphatic rings. The van der Waals surface area contributed by atoms with Crippen LogP contribution >= 0.6 is 34.8 Å². The summed E-state index contributed by atoms with van der Waals surface area (Å²) >= 11 is 16.3. The third-order valence-electron chi connectivity index (χ3n) is 1.94. The van der Waals surface area contributed by atoms with E-state index in [4.69, 9.17) is 39.3 Å². The van der Waals surface area contributed by atoms with Gasteiger partial charge in [0.25, 0.3) is 0 Å². The molecule has 8 heteroatoms. The topological polar surface area (TPSA) is 64.4 Å². The summed E-state index contributed by atoms with van der Waals surface area (Å²) in [6.07, 6.45) is -0.0570. The van der Waals surface area contributed by atoms with E-state index in [1.165, 1.54) is 0 Å². The molecule has 0 bridgehead atoms. The minimum Gasteiger partial charge on any atom is -0.445 e. The third kappa shape index (κ3) is 4.61. The number of aryl methyl sites for hydroxylation is 1. The van der Waals surface area contributed by atoms with Crippen molar-refractivity contribution in [3.05, 3.63) is 11.3 Å². The summed E-state index contributed by atoms with van der Waals surface area (Å²) < 4.78 is 7.97. The molecule has 96 valence electrons. The van der Waals surface area contributed by atoms with Crippen LogP contribution in [-0.4, -0.2) is 21.6 Å². The van der Waals surface area contributed by atoms with E-state index >= 15 is 0 Å². The Bertz CT molecular complexity index is 401. The maximum absolute atomic E-state index is 11.3. The Kier molecular flexibility index (Phi) is 4.91. The first-order valence-electron chi connectivity index (χ1n) is 4.79. The van der Waals surface area contributed by atoms with Crippen LogP contribution in [0.25, 0.3) is 0 Å². The Morgan fingerprint density at radius 3 is 2.65 bits per heavy atom. The van der Waals surface area contributed by atoms with Crippen LogP contribution in [0, 0.1) is 6.92 Å². The maximum Gasteiger partial charge on any atom is 0.414 e. The molecule has 1 aromatic rings. The molecule has 1 amide bonds. The van der Waals surface area contributed by atoms with Crippen LogP contribution in [0.15, 0.2) is 4.52 Å². The van der Waals surface area contributed by atoms with Gasteiger partial charge in [0, 0.05) is 5.56 Å². The largest absolute Gasteiger partial charge is 0.445 e. The highest BCUT2D eigenvalue weighted by molar-refractivity contribution is 6.67. The molecule has 0 radical (unpaired) electrons. The predicted octanol–water partition coefficient (Wildman–Crippen LogP) is 3.46. The number of carbonyl (C=O) groups is 1. The molecular formula is C9H11Cl3N2O3. The van der Waals surface area contributed by atoms with Crippen LogP contribution in [-0.2, 0) is 11.2 Å². The average Bonchev–Trinajstić information content (AvgIpc) is 2.56. The molecule has 0 fully saturated rings. The summed E-state index contributed by atoms with van der Waals surface area (Å²) in [6, 6.07) is 0. The number of nitrogens with one attached hydrogen (secondary N) is 1. The van der Waals surface area contributed by atoms with E-state index in [1.54, 1.807) is 6.92 Å². The van der Waals surface area contributed by atoms with Gasteiger partial charge in [-0.05, 0) is 13.3 Å². The Hall–Kier alpha value is -0.650. The molecule has 0 unspecified atom stereocenters. The minimum atomic E-state index is -1.64. The number of rotatable bonds is 3. The Balaban J connectivity index is 2.54. The smallest absolute Gasteiger partial charge is 0.414 e. The van der Waals surface area contributed by atoms with Gasteiger partial charge in [0.2, 0.25) is 9.68 Å². The average molecular weight is 302 g/mol. The molecule has 0 saturated heterocycles. The molecule has 1 N–H and O–H groups in total. The van der Waals surface area contributed by atoms with Crippen molar-refractivity contribution in [1.29, 1.82) is 0 Å². The van der Waals surface area contributed by atoms with Crippen molar-refractivity contribution in [3.63, 3.8) is 0 Å². The zero-order valence-corrected chi connectivity index (χ0v) is 11.5. The lowest BCUT2D eigenvalue weighted by Gasteiger charge is -2.10. The van der Waals surface area contributed by atoms with E-state index in [1.807, 2.05) is 6.92 Å². The second-order valence-electron chi connectivity index (χ2n) is 3.25. The van der Waals surface area contributed by atoms with Crippen LogP contribution in [0.3, 0.4) is 0 Å². The van der Waals surface area contributed by atoms with Gasteiger partial charge in [-0.25, -0.2) is 4.79 Å². The molecule has 5 nitrogen and oxygen atoms in total. The van der Waals surface area contributed by atoms with Crippen molar-refractivity contribution < 1.29 is 14.1 Å². The van der Waals surface area contributed by atoms with Gasteiger partial charge in [0.1, 0.15) is 6.61 Å². The van der Waals surface area contributed by atoms with Gasteiger partial charge in [-0.3, -0.25) is 5.32 Å². The molecule has 1 rings (SSSR count). The summed E-state index contributed by atoms with van der Waals surface area (Å²) in [4.78, 5) is 11.3. The number of hydrogen-bond donors (Lipinski definition) is 1. The molecule has 0 atom stereocenters. The SMILES string of the molecule is CCc1noc(NC(=O)OCC(Cl)(Cl)Cl)c1C. The van der Waals surface area contributed by atoms with Gasteiger partial charge in [0.05, 0.1) is 5.69 Å². The quantitative estimate of drug-likeness (QED) is 0.868. The highest BCUT2D eigenvalue weighted by Gasteiger charge is 2.23. The van der Waals surface area contributed by atoms with Gasteiger partial charge >= 0.3 is 6.09 Å². The van der Waals surface area contributed by atoms with Crippen molar-refractivity contribution in [3.8, 4) is 0 Å². The molecule has 17 heavy (non-hydrogen) atoms. The number of nitrogens with zero attached hydrogens (tertiary/aromatic N) is 1. The number of aromatic nitrogens is 1. The van der Waals surface area contributed by atoms with Crippen molar-refractivity contribution in [1.82, 2.24) is 5.16 Å². The van der Waals surface area contributed by atoms with Gasteiger partial charge in [0.15, 0.2) is 0 Å². The summed E-state index contributed by atoms with van der Waals surface area (Å²) in [7, 11) is 0. The zero-order chi connectivity index (χ0) is 13.1. The highest BCUT2D eigenvalue weighted by Crippen LogP contribution is 2.26. The number of hydrogen-bond acceptors (Lipinski definition) is 4. The van der Waals surface area contributed by atoms with E-state index in [0.29, 0.717) is 6.42 Å². The van der Waals surface area contributed by atoms with E-state index in [9.17, 15) is 4.79 Å². The zero-order valence-electron chi connectivity index (χ0n) is 9.22. The lowest BCUT2D eigenvalue weighted by molar-refractivity contribution is 0.163. The molecule has 0 aromatic carbocycles. The van der Waals surface area contributed by atoms with Gasteiger partial charge in [-0.1, -0.05) is 46.9 Å². The fraction of sp³-hybridized carbons (Fsp3) is 0.556. The van der Waals surface area contributed by atoms with E-state index in [0.717, 1.165) is 11.3 Å². The van der Waals surface area contributed by atoms with E-state index < -0.39 is 9.89 Å². The molecule has 1 heterocycles. The first-order valence-corrected chi connectivity index (χ1v) is 5.92. The van der Waals surface area contributed by atoms with Gasteiger partial charge in [-0.15, -0.1) is 0 Å². The molecule has 0 spiro atoms. The van der Waals surface area contributed by atoms with Crippen molar-refractivity contribution in [2.45, 2.75) is 24.1 Å². The number of amides is 1. The normalized spacial score (nSPS) is 11.4. The highest BCUT2D eigenvalue weighted by atomic mass is 35.6. The Morgan fingerprint density at radius 1 is 1.53 bits per heavy atom. The summed E-state index contributed by atoms with van der Waals surface area (Å²) in [5, 5.41) is 6.14. The van der Waals surface area contributed by atoms with Gasteiger partial charge in [-0.2, -0.15) is 0 Å². The Morgan fingerprint density at radius 2 is 2.18 bits per heavy atom.